The van der Waals surface area contributed by atoms with E-state index >= 15 is 0 Å². The molecule has 2 aliphatic heterocycles. The standard InChI is InChI=1S/C68H78BN3/c1-41-33-52-51-39-49(70(47-24-19-43(20-25-47)63(3,4)5)48-26-21-44(22-27-48)64(6,7)8)28-30-58(51)72(59-40-55-54(35-42(59)2)67(15,16)31-32-68(55,17)18)69-56-38-46(66(12,13)14)37-53-50-36-45(65(9,10)11)23-29-57(50)71(62(53)56)60(34-41)61(52)69/h19-30,33-40H,31-32H2,1-18H3. The zero-order valence-corrected chi connectivity index (χ0v) is 46.9. The predicted molar refractivity (Wildman–Crippen MR) is 314 cm³/mol. The van der Waals surface area contributed by atoms with Crippen molar-refractivity contribution in [1.82, 2.24) is 4.57 Å². The molecule has 1 aromatic heterocycles. The van der Waals surface area contributed by atoms with Crippen molar-refractivity contribution in [2.24, 2.45) is 0 Å². The minimum Gasteiger partial charge on any atom is -0.376 e. The van der Waals surface area contributed by atoms with Gasteiger partial charge in [-0.05, 0) is 193 Å². The first-order valence-corrected chi connectivity index (χ1v) is 26.9. The van der Waals surface area contributed by atoms with Crippen molar-refractivity contribution in [3.63, 3.8) is 0 Å². The molecule has 3 nitrogen and oxygen atoms in total. The average molecular weight is 948 g/mol. The second kappa shape index (κ2) is 15.8. The summed E-state index contributed by atoms with van der Waals surface area (Å²) in [6.07, 6.45) is 2.35. The predicted octanol–water partition coefficient (Wildman–Crippen LogP) is 17.6. The fourth-order valence-electron chi connectivity index (χ4n) is 12.6. The van der Waals surface area contributed by atoms with Crippen LogP contribution in [0.3, 0.4) is 0 Å². The van der Waals surface area contributed by atoms with E-state index in [1.807, 2.05) is 0 Å². The van der Waals surface area contributed by atoms with Gasteiger partial charge in [-0.3, -0.25) is 0 Å². The Labute approximate surface area is 432 Å². The number of rotatable bonds is 4. The molecule has 0 unspecified atom stereocenters. The molecule has 3 aliphatic rings. The van der Waals surface area contributed by atoms with Crippen molar-refractivity contribution < 1.29 is 0 Å². The quantitative estimate of drug-likeness (QED) is 0.163. The number of aromatic nitrogens is 1. The van der Waals surface area contributed by atoms with Gasteiger partial charge in [-0.2, -0.15) is 0 Å². The first-order chi connectivity index (χ1) is 33.5. The van der Waals surface area contributed by atoms with Crippen molar-refractivity contribution in [2.45, 2.75) is 170 Å². The van der Waals surface area contributed by atoms with Crippen LogP contribution >= 0.6 is 0 Å². The molecule has 0 radical (unpaired) electrons. The molecule has 0 spiro atoms. The number of nitrogens with zero attached hydrogens (tertiary/aromatic N) is 3. The van der Waals surface area contributed by atoms with Crippen LogP contribution in [0.5, 0.6) is 0 Å². The Kier molecular flexibility index (Phi) is 10.6. The van der Waals surface area contributed by atoms with Crippen LogP contribution < -0.4 is 20.6 Å². The fraction of sp³-hybridized carbons (Fsp3) is 0.382. The van der Waals surface area contributed by atoms with Crippen LogP contribution in [0.1, 0.15) is 168 Å². The molecular formula is C68H78BN3. The van der Waals surface area contributed by atoms with Crippen LogP contribution in [-0.4, -0.2) is 11.4 Å². The van der Waals surface area contributed by atoms with E-state index in [2.05, 4.69) is 260 Å². The largest absolute Gasteiger partial charge is 0.376 e. The van der Waals surface area contributed by atoms with E-state index in [9.17, 15) is 0 Å². The fourth-order valence-corrected chi connectivity index (χ4v) is 12.6. The molecule has 0 N–H and O–H groups in total. The van der Waals surface area contributed by atoms with E-state index < -0.39 is 0 Å². The summed E-state index contributed by atoms with van der Waals surface area (Å²) in [5.74, 6) is 0. The molecule has 4 heteroatoms. The van der Waals surface area contributed by atoms with E-state index in [-0.39, 0.29) is 39.3 Å². The van der Waals surface area contributed by atoms with Gasteiger partial charge in [0.25, 0.3) is 0 Å². The van der Waals surface area contributed by atoms with Gasteiger partial charge in [-0.1, -0.05) is 159 Å². The van der Waals surface area contributed by atoms with E-state index in [0.29, 0.717) is 0 Å². The molecule has 0 bridgehead atoms. The van der Waals surface area contributed by atoms with Crippen LogP contribution in [0, 0.1) is 13.8 Å². The molecule has 0 amide bonds. The highest BCUT2D eigenvalue weighted by molar-refractivity contribution is 6.93. The van der Waals surface area contributed by atoms with Gasteiger partial charge >= 0.3 is 6.85 Å². The lowest BCUT2D eigenvalue weighted by Gasteiger charge is -2.46. The zero-order chi connectivity index (χ0) is 51.6. The summed E-state index contributed by atoms with van der Waals surface area (Å²) in [6, 6.07) is 48.6. The number of hydrogen-bond acceptors (Lipinski definition) is 2. The average Bonchev–Trinajstić information content (AvgIpc) is 3.63. The lowest BCUT2D eigenvalue weighted by molar-refractivity contribution is 0.332. The van der Waals surface area contributed by atoms with Crippen LogP contribution in [0.4, 0.5) is 28.4 Å². The van der Waals surface area contributed by atoms with Gasteiger partial charge in [-0.25, -0.2) is 0 Å². The van der Waals surface area contributed by atoms with Crippen molar-refractivity contribution >= 4 is 68.0 Å². The maximum Gasteiger partial charge on any atom is 0.333 e. The second-order valence-corrected chi connectivity index (χ2v) is 27.6. The summed E-state index contributed by atoms with van der Waals surface area (Å²) in [5.41, 5.74) is 26.4. The Balaban J connectivity index is 1.25. The molecule has 11 rings (SSSR count). The Morgan fingerprint density at radius 3 is 1.53 bits per heavy atom. The van der Waals surface area contributed by atoms with Crippen molar-refractivity contribution in [1.29, 1.82) is 0 Å². The van der Waals surface area contributed by atoms with E-state index in [0.717, 1.165) is 17.1 Å². The highest BCUT2D eigenvalue weighted by Crippen LogP contribution is 2.52. The second-order valence-electron chi connectivity index (χ2n) is 27.6. The monoisotopic (exact) mass is 948 g/mol. The van der Waals surface area contributed by atoms with Crippen molar-refractivity contribution in [3.8, 4) is 16.8 Å². The third-order valence-corrected chi connectivity index (χ3v) is 17.2. The van der Waals surface area contributed by atoms with Crippen LogP contribution in [0.15, 0.2) is 121 Å². The van der Waals surface area contributed by atoms with Crippen LogP contribution in [-0.2, 0) is 32.5 Å². The molecule has 1 aliphatic carbocycles. The van der Waals surface area contributed by atoms with Gasteiger partial charge in [-0.15, -0.1) is 0 Å². The zero-order valence-electron chi connectivity index (χ0n) is 46.9. The number of hydrogen-bond donors (Lipinski definition) is 0. The Morgan fingerprint density at radius 2 is 0.972 bits per heavy atom. The highest BCUT2D eigenvalue weighted by atomic mass is 15.1. The van der Waals surface area contributed by atoms with Gasteiger partial charge in [0.15, 0.2) is 0 Å². The van der Waals surface area contributed by atoms with E-state index in [1.54, 1.807) is 0 Å². The summed E-state index contributed by atoms with van der Waals surface area (Å²) in [6.45, 7) is 42.5. The summed E-state index contributed by atoms with van der Waals surface area (Å²) in [7, 11) is 0. The molecule has 8 aromatic rings. The van der Waals surface area contributed by atoms with E-state index in [4.69, 9.17) is 0 Å². The number of benzene rings is 7. The highest BCUT2D eigenvalue weighted by Gasteiger charge is 2.46. The van der Waals surface area contributed by atoms with Gasteiger partial charge in [0.2, 0.25) is 0 Å². The first-order valence-electron chi connectivity index (χ1n) is 26.9. The smallest absolute Gasteiger partial charge is 0.333 e. The van der Waals surface area contributed by atoms with Crippen molar-refractivity contribution in [2.75, 3.05) is 9.71 Å². The molecule has 0 saturated heterocycles. The Hall–Kier alpha value is -6.00. The number of fused-ring (bicyclic) bond motifs is 8. The minimum absolute atomic E-state index is 0.0139. The summed E-state index contributed by atoms with van der Waals surface area (Å²) < 4.78 is 2.65. The SMILES string of the molecule is Cc1cc2c3c(c1)-n1c4ccc(C(C)(C)C)cc4c4cc(C(C)(C)C)cc(c41)B3N(c1cc3c(cc1C)C(C)(C)CCC3(C)C)c1ccc(N(c3ccc(C(C)(C)C)cc3)c3ccc(C(C)(C)C)cc3)cc1-2. The maximum atomic E-state index is 2.79. The van der Waals surface area contributed by atoms with Gasteiger partial charge in [0.05, 0.1) is 11.0 Å². The Morgan fingerprint density at radius 1 is 0.458 bits per heavy atom. The molecule has 7 aromatic carbocycles. The van der Waals surface area contributed by atoms with Crippen LogP contribution in [0.25, 0.3) is 38.6 Å². The number of aryl methyl sites for hydroxylation is 2. The van der Waals surface area contributed by atoms with Gasteiger partial charge < -0.3 is 14.3 Å². The van der Waals surface area contributed by atoms with E-state index in [1.165, 1.54) is 118 Å². The molecule has 368 valence electrons. The van der Waals surface area contributed by atoms with Crippen LogP contribution in [0.2, 0.25) is 0 Å². The lowest BCUT2D eigenvalue weighted by atomic mass is 9.43. The third kappa shape index (κ3) is 7.59. The summed E-state index contributed by atoms with van der Waals surface area (Å²) in [5, 5.41) is 2.69. The molecule has 3 heterocycles. The van der Waals surface area contributed by atoms with Crippen molar-refractivity contribution in [3.05, 3.63) is 166 Å². The lowest BCUT2D eigenvalue weighted by Crippen LogP contribution is -2.61. The minimum atomic E-state index is -0.0694. The summed E-state index contributed by atoms with van der Waals surface area (Å²) in [4.78, 5) is 5.27. The molecule has 0 saturated carbocycles. The molecule has 0 atom stereocenters. The van der Waals surface area contributed by atoms with Gasteiger partial charge in [0.1, 0.15) is 0 Å². The molecule has 0 fully saturated rings. The topological polar surface area (TPSA) is 11.4 Å². The Bertz CT molecular complexity index is 3460. The molecule has 72 heavy (non-hydrogen) atoms. The van der Waals surface area contributed by atoms with Gasteiger partial charge in [0, 0.05) is 50.5 Å². The third-order valence-electron chi connectivity index (χ3n) is 17.2. The number of anilines is 5. The first kappa shape index (κ1) is 48.3. The molecular weight excluding hydrogens is 870 g/mol. The maximum absolute atomic E-state index is 2.79. The summed E-state index contributed by atoms with van der Waals surface area (Å²) >= 11 is 0. The normalized spacial score (nSPS) is 16.0.